The Morgan fingerprint density at radius 2 is 1.83 bits per heavy atom. The van der Waals surface area contributed by atoms with Crippen molar-refractivity contribution < 1.29 is 18.0 Å². The summed E-state index contributed by atoms with van der Waals surface area (Å²) in [6.45, 7) is 4.50. The number of fused-ring (bicyclic) bond motifs is 1. The summed E-state index contributed by atoms with van der Waals surface area (Å²) in [5, 5.41) is 8.00. The van der Waals surface area contributed by atoms with Crippen molar-refractivity contribution in [1.82, 2.24) is 20.3 Å². The summed E-state index contributed by atoms with van der Waals surface area (Å²) in [5.41, 5.74) is 1.31. The number of amides is 2. The van der Waals surface area contributed by atoms with Crippen molar-refractivity contribution in [1.29, 1.82) is 0 Å². The normalized spacial score (nSPS) is 12.7. The van der Waals surface area contributed by atoms with Crippen molar-refractivity contribution >= 4 is 66.6 Å². The number of aromatic amines is 1. The number of H-pyrrole nitrogens is 1. The highest BCUT2D eigenvalue weighted by Gasteiger charge is 2.23. The molecule has 3 aromatic rings. The highest BCUT2D eigenvalue weighted by atomic mass is 35.5. The van der Waals surface area contributed by atoms with Crippen LogP contribution in [0.4, 0.5) is 0 Å². The average Bonchev–Trinajstić information content (AvgIpc) is 3.37. The van der Waals surface area contributed by atoms with E-state index in [1.165, 1.54) is 29.5 Å². The molecule has 1 aromatic carbocycles. The van der Waals surface area contributed by atoms with Gasteiger partial charge in [0.1, 0.15) is 16.6 Å². The molecular formula is C23H28Cl2N4O4S2. The first-order valence-electron chi connectivity index (χ1n) is 11.2. The zero-order chi connectivity index (χ0) is 25.6. The molecule has 35 heavy (non-hydrogen) atoms. The largest absolute Gasteiger partial charge is 0.354 e. The van der Waals surface area contributed by atoms with Crippen molar-refractivity contribution in [2.75, 3.05) is 13.1 Å². The van der Waals surface area contributed by atoms with Gasteiger partial charge in [-0.1, -0.05) is 37.0 Å². The molecule has 0 radical (unpaired) electrons. The number of hydrogen-bond donors (Lipinski definition) is 4. The quantitative estimate of drug-likeness (QED) is 0.243. The fourth-order valence-corrected chi connectivity index (χ4v) is 6.10. The standard InChI is InChI=1S/C23H28Cl2N4O4S2/c1-14(2)11-18(29-23(31)19-13-20-17(28-19)7-10-34-20)22(30)26-8-3-4-9-27-35(32,33)21-6-5-15(24)12-16(21)25/h5-7,10,12-14,18,27-28H,3-4,8-9,11H2,1-2H3,(H,26,30)(H,29,31)/t18-/m1/s1. The van der Waals surface area contributed by atoms with E-state index in [1.54, 1.807) is 6.07 Å². The number of carbonyl (C=O) groups is 2. The van der Waals surface area contributed by atoms with Gasteiger partial charge in [0.05, 0.1) is 15.2 Å². The molecule has 4 N–H and O–H groups in total. The molecule has 0 bridgehead atoms. The van der Waals surface area contributed by atoms with Gasteiger partial charge in [0, 0.05) is 18.1 Å². The van der Waals surface area contributed by atoms with Gasteiger partial charge >= 0.3 is 0 Å². The third-order valence-corrected chi connectivity index (χ3v) is 8.23. The van der Waals surface area contributed by atoms with Crippen LogP contribution in [0.5, 0.6) is 0 Å². The molecule has 0 saturated carbocycles. The van der Waals surface area contributed by atoms with Crippen LogP contribution in [-0.4, -0.2) is 44.3 Å². The number of hydrogen-bond acceptors (Lipinski definition) is 5. The molecule has 3 rings (SSSR count). The van der Waals surface area contributed by atoms with E-state index in [4.69, 9.17) is 23.2 Å². The summed E-state index contributed by atoms with van der Waals surface area (Å²) in [4.78, 5) is 28.4. The minimum absolute atomic E-state index is 0.0361. The van der Waals surface area contributed by atoms with Crippen LogP contribution >= 0.6 is 34.5 Å². The number of sulfonamides is 1. The molecule has 1 atom stereocenters. The number of halogens is 2. The minimum atomic E-state index is -3.76. The predicted molar refractivity (Wildman–Crippen MR) is 141 cm³/mol. The molecule has 0 spiro atoms. The molecule has 2 amide bonds. The lowest BCUT2D eigenvalue weighted by atomic mass is 10.0. The molecule has 0 aliphatic carbocycles. The summed E-state index contributed by atoms with van der Waals surface area (Å²) >= 11 is 13.3. The first kappa shape index (κ1) is 27.5. The van der Waals surface area contributed by atoms with E-state index < -0.39 is 16.1 Å². The molecule has 2 heterocycles. The number of nitrogens with one attached hydrogen (secondary N) is 4. The number of benzene rings is 1. The van der Waals surface area contributed by atoms with Gasteiger partial charge < -0.3 is 15.6 Å². The Bertz CT molecular complexity index is 1260. The number of carbonyl (C=O) groups excluding carboxylic acids is 2. The predicted octanol–water partition coefficient (Wildman–Crippen LogP) is 4.56. The SMILES string of the molecule is CC(C)C[C@@H](NC(=O)c1cc2sccc2[nH]1)C(=O)NCCCCNS(=O)(=O)c1ccc(Cl)cc1Cl. The van der Waals surface area contributed by atoms with Crippen molar-refractivity contribution in [3.63, 3.8) is 0 Å². The molecule has 0 saturated heterocycles. The Hall–Kier alpha value is -2.11. The fourth-order valence-electron chi connectivity index (χ4n) is 3.47. The van der Waals surface area contributed by atoms with Crippen molar-refractivity contribution in [3.8, 4) is 0 Å². The maximum Gasteiger partial charge on any atom is 0.268 e. The van der Waals surface area contributed by atoms with Crippen molar-refractivity contribution in [2.45, 2.75) is 44.0 Å². The van der Waals surface area contributed by atoms with Crippen molar-refractivity contribution in [2.24, 2.45) is 5.92 Å². The van der Waals surface area contributed by atoms with Crippen LogP contribution in [0, 0.1) is 5.92 Å². The molecule has 8 nitrogen and oxygen atoms in total. The van der Waals surface area contributed by atoms with E-state index in [1.807, 2.05) is 25.3 Å². The van der Waals surface area contributed by atoms with E-state index in [0.29, 0.717) is 36.5 Å². The average molecular weight is 560 g/mol. The van der Waals surface area contributed by atoms with Crippen molar-refractivity contribution in [3.05, 3.63) is 51.5 Å². The molecule has 0 fully saturated rings. The second-order valence-corrected chi connectivity index (χ2v) is 12.0. The van der Waals surface area contributed by atoms with Gasteiger partial charge in [-0.05, 0) is 60.9 Å². The van der Waals surface area contributed by atoms with E-state index >= 15 is 0 Å². The molecule has 12 heteroatoms. The Morgan fingerprint density at radius 1 is 1.09 bits per heavy atom. The number of thiophene rings is 1. The number of rotatable bonds is 12. The highest BCUT2D eigenvalue weighted by Crippen LogP contribution is 2.25. The first-order chi connectivity index (χ1) is 16.6. The van der Waals surface area contributed by atoms with Gasteiger partial charge in [0.2, 0.25) is 15.9 Å². The fraction of sp³-hybridized carbons (Fsp3) is 0.391. The second kappa shape index (κ2) is 12.2. The summed E-state index contributed by atoms with van der Waals surface area (Å²) in [6.07, 6.45) is 1.55. The summed E-state index contributed by atoms with van der Waals surface area (Å²) < 4.78 is 28.3. The Balaban J connectivity index is 1.45. The van der Waals surface area contributed by atoms with Crippen LogP contribution in [0.1, 0.15) is 43.6 Å². The molecule has 0 aliphatic rings. The third-order valence-electron chi connectivity index (χ3n) is 5.19. The van der Waals surface area contributed by atoms with Crippen LogP contribution < -0.4 is 15.4 Å². The van der Waals surface area contributed by atoms with Gasteiger partial charge in [0.25, 0.3) is 5.91 Å². The summed E-state index contributed by atoms with van der Waals surface area (Å²) in [7, 11) is -3.76. The maximum atomic E-state index is 12.7. The van der Waals surface area contributed by atoms with Gasteiger partial charge in [-0.2, -0.15) is 0 Å². The van der Waals surface area contributed by atoms with Crippen LogP contribution in [-0.2, 0) is 14.8 Å². The first-order valence-corrected chi connectivity index (χ1v) is 14.3. The van der Waals surface area contributed by atoms with Gasteiger partial charge in [-0.25, -0.2) is 13.1 Å². The van der Waals surface area contributed by atoms with Crippen LogP contribution in [0.25, 0.3) is 10.2 Å². The lowest BCUT2D eigenvalue weighted by Gasteiger charge is -2.20. The van der Waals surface area contributed by atoms with Crippen LogP contribution in [0.15, 0.2) is 40.6 Å². The monoisotopic (exact) mass is 558 g/mol. The summed E-state index contributed by atoms with van der Waals surface area (Å²) in [5.74, 6) is -0.398. The van der Waals surface area contributed by atoms with Gasteiger partial charge in [-0.3, -0.25) is 9.59 Å². The molecule has 2 aromatic heterocycles. The van der Waals surface area contributed by atoms with E-state index in [0.717, 1.165) is 10.2 Å². The summed E-state index contributed by atoms with van der Waals surface area (Å²) in [6, 6.07) is 7.19. The molecule has 0 unspecified atom stereocenters. The van der Waals surface area contributed by atoms with Crippen LogP contribution in [0.2, 0.25) is 10.0 Å². The Morgan fingerprint density at radius 3 is 2.51 bits per heavy atom. The van der Waals surface area contributed by atoms with Crippen LogP contribution in [0.3, 0.4) is 0 Å². The topological polar surface area (TPSA) is 120 Å². The molecular weight excluding hydrogens is 531 g/mol. The smallest absolute Gasteiger partial charge is 0.268 e. The molecule has 190 valence electrons. The maximum absolute atomic E-state index is 12.7. The molecule has 0 aliphatic heterocycles. The second-order valence-electron chi connectivity index (χ2n) is 8.51. The van der Waals surface area contributed by atoms with Gasteiger partial charge in [0.15, 0.2) is 0 Å². The minimum Gasteiger partial charge on any atom is -0.354 e. The zero-order valence-electron chi connectivity index (χ0n) is 19.4. The highest BCUT2D eigenvalue weighted by molar-refractivity contribution is 7.89. The van der Waals surface area contributed by atoms with Gasteiger partial charge in [-0.15, -0.1) is 11.3 Å². The number of unbranched alkanes of at least 4 members (excludes halogenated alkanes) is 1. The zero-order valence-corrected chi connectivity index (χ0v) is 22.5. The number of aromatic nitrogens is 1. The Labute approximate surface area is 218 Å². The van der Waals surface area contributed by atoms with E-state index in [2.05, 4.69) is 20.3 Å². The Kier molecular flexibility index (Phi) is 9.60. The van der Waals surface area contributed by atoms with E-state index in [-0.39, 0.29) is 34.2 Å². The third kappa shape index (κ3) is 7.68. The van der Waals surface area contributed by atoms with E-state index in [9.17, 15) is 18.0 Å². The lowest BCUT2D eigenvalue weighted by molar-refractivity contribution is -0.123. The lowest BCUT2D eigenvalue weighted by Crippen LogP contribution is -2.47.